The van der Waals surface area contributed by atoms with E-state index in [1.165, 1.54) is 4.88 Å². The molecule has 3 rings (SSSR count). The molecule has 0 saturated carbocycles. The molecule has 0 saturated heterocycles. The molecule has 0 atom stereocenters. The number of aromatic hydroxyl groups is 1. The van der Waals surface area contributed by atoms with Crippen LogP contribution in [0.4, 0.5) is 5.82 Å². The van der Waals surface area contributed by atoms with Gasteiger partial charge in [-0.25, -0.2) is 9.97 Å². The van der Waals surface area contributed by atoms with Gasteiger partial charge in [0.15, 0.2) is 0 Å². The molecule has 0 radical (unpaired) electrons. The zero-order valence-electron chi connectivity index (χ0n) is 11.1. The van der Waals surface area contributed by atoms with Gasteiger partial charge in [-0.1, -0.05) is 13.0 Å². The third-order valence-electron chi connectivity index (χ3n) is 3.11. The van der Waals surface area contributed by atoms with Gasteiger partial charge in [-0.15, -0.1) is 11.3 Å². The van der Waals surface area contributed by atoms with E-state index in [1.807, 2.05) is 18.3 Å². The van der Waals surface area contributed by atoms with Crippen molar-refractivity contribution < 1.29 is 5.11 Å². The van der Waals surface area contributed by atoms with Crippen molar-refractivity contribution in [3.8, 4) is 5.75 Å². The summed E-state index contributed by atoms with van der Waals surface area (Å²) in [6, 6.07) is 7.22. The van der Waals surface area contributed by atoms with E-state index in [0.717, 1.165) is 28.0 Å². The number of phenolic OH excluding ortho intramolecular Hbond substituents is 1. The lowest BCUT2D eigenvalue weighted by molar-refractivity contribution is 0.476. The fourth-order valence-electron chi connectivity index (χ4n) is 2.05. The standard InChI is InChI=1S/C15H15N3OS/c1-2-12-8-17-14(20-12)9-18-15-13-7-11(19)4-3-10(13)5-6-16-15/h3-8,19H,2,9H2,1H3,(H,16,18). The van der Waals surface area contributed by atoms with E-state index in [9.17, 15) is 5.11 Å². The Kier molecular flexibility index (Phi) is 3.52. The van der Waals surface area contributed by atoms with E-state index in [-0.39, 0.29) is 5.75 Å². The SMILES string of the molecule is CCc1cnc(CNc2nccc3ccc(O)cc23)s1. The molecule has 0 fully saturated rings. The first kappa shape index (κ1) is 12.9. The fourth-order valence-corrected chi connectivity index (χ4v) is 2.85. The summed E-state index contributed by atoms with van der Waals surface area (Å²) in [5.74, 6) is 1.02. The highest BCUT2D eigenvalue weighted by Crippen LogP contribution is 2.25. The first-order valence-electron chi connectivity index (χ1n) is 6.51. The van der Waals surface area contributed by atoms with Crippen LogP contribution in [-0.2, 0) is 13.0 Å². The van der Waals surface area contributed by atoms with Crippen LogP contribution in [0.25, 0.3) is 10.8 Å². The Morgan fingerprint density at radius 1 is 1.25 bits per heavy atom. The Morgan fingerprint density at radius 2 is 2.15 bits per heavy atom. The molecule has 1 aromatic carbocycles. The number of nitrogens with one attached hydrogen (secondary N) is 1. The summed E-state index contributed by atoms with van der Waals surface area (Å²) in [5.41, 5.74) is 0. The summed E-state index contributed by atoms with van der Waals surface area (Å²) < 4.78 is 0. The normalized spacial score (nSPS) is 10.8. The van der Waals surface area contributed by atoms with Gasteiger partial charge in [0.2, 0.25) is 0 Å². The van der Waals surface area contributed by atoms with Gasteiger partial charge in [0, 0.05) is 22.7 Å². The summed E-state index contributed by atoms with van der Waals surface area (Å²) in [5, 5.41) is 15.9. The minimum absolute atomic E-state index is 0.246. The predicted molar refractivity (Wildman–Crippen MR) is 82.2 cm³/mol. The maximum Gasteiger partial charge on any atom is 0.134 e. The lowest BCUT2D eigenvalue weighted by Gasteiger charge is -2.07. The van der Waals surface area contributed by atoms with Gasteiger partial charge >= 0.3 is 0 Å². The van der Waals surface area contributed by atoms with E-state index in [2.05, 4.69) is 22.2 Å². The molecule has 3 aromatic rings. The molecule has 5 heteroatoms. The van der Waals surface area contributed by atoms with E-state index >= 15 is 0 Å². The van der Waals surface area contributed by atoms with Crippen molar-refractivity contribution in [1.82, 2.24) is 9.97 Å². The van der Waals surface area contributed by atoms with Gasteiger partial charge < -0.3 is 10.4 Å². The highest BCUT2D eigenvalue weighted by Gasteiger charge is 2.05. The van der Waals surface area contributed by atoms with Gasteiger partial charge in [-0.05, 0) is 30.0 Å². The summed E-state index contributed by atoms with van der Waals surface area (Å²) in [4.78, 5) is 10.0. The average molecular weight is 285 g/mol. The maximum atomic E-state index is 9.61. The minimum Gasteiger partial charge on any atom is -0.508 e. The van der Waals surface area contributed by atoms with Crippen LogP contribution in [0.1, 0.15) is 16.8 Å². The number of aromatic nitrogens is 2. The number of anilines is 1. The molecule has 102 valence electrons. The van der Waals surface area contributed by atoms with Gasteiger partial charge in [0.1, 0.15) is 16.6 Å². The quantitative estimate of drug-likeness (QED) is 0.769. The average Bonchev–Trinajstić information content (AvgIpc) is 2.93. The Morgan fingerprint density at radius 3 is 2.95 bits per heavy atom. The van der Waals surface area contributed by atoms with Crippen LogP contribution in [0.15, 0.2) is 36.7 Å². The highest BCUT2D eigenvalue weighted by molar-refractivity contribution is 7.11. The number of hydrogen-bond donors (Lipinski definition) is 2. The Labute approximate surface area is 121 Å². The molecule has 0 aliphatic rings. The first-order valence-corrected chi connectivity index (χ1v) is 7.33. The third-order valence-corrected chi connectivity index (χ3v) is 4.25. The summed E-state index contributed by atoms with van der Waals surface area (Å²) in [7, 11) is 0. The van der Waals surface area contributed by atoms with Crippen molar-refractivity contribution in [2.75, 3.05) is 5.32 Å². The molecule has 0 bridgehead atoms. The van der Waals surface area contributed by atoms with Crippen LogP contribution in [0.2, 0.25) is 0 Å². The number of rotatable bonds is 4. The summed E-state index contributed by atoms with van der Waals surface area (Å²) in [6.45, 7) is 2.77. The van der Waals surface area contributed by atoms with Crippen molar-refractivity contribution in [3.63, 3.8) is 0 Å². The highest BCUT2D eigenvalue weighted by atomic mass is 32.1. The molecule has 0 unspecified atom stereocenters. The fraction of sp³-hybridized carbons (Fsp3) is 0.200. The predicted octanol–water partition coefficient (Wildman–Crippen LogP) is 3.57. The molecule has 2 heterocycles. The lowest BCUT2D eigenvalue weighted by atomic mass is 10.1. The van der Waals surface area contributed by atoms with E-state index < -0.39 is 0 Å². The zero-order chi connectivity index (χ0) is 13.9. The third kappa shape index (κ3) is 2.58. The number of aryl methyl sites for hydroxylation is 1. The van der Waals surface area contributed by atoms with Crippen LogP contribution >= 0.6 is 11.3 Å². The van der Waals surface area contributed by atoms with Crippen LogP contribution in [-0.4, -0.2) is 15.1 Å². The topological polar surface area (TPSA) is 58.0 Å². The number of fused-ring (bicyclic) bond motifs is 1. The number of benzene rings is 1. The minimum atomic E-state index is 0.246. The second kappa shape index (κ2) is 5.46. The van der Waals surface area contributed by atoms with Crippen molar-refractivity contribution >= 4 is 27.9 Å². The lowest BCUT2D eigenvalue weighted by Crippen LogP contribution is -2.01. The Bertz CT molecular complexity index is 739. The smallest absolute Gasteiger partial charge is 0.134 e. The molecule has 20 heavy (non-hydrogen) atoms. The number of phenols is 1. The van der Waals surface area contributed by atoms with E-state index in [1.54, 1.807) is 29.7 Å². The summed E-state index contributed by atoms with van der Waals surface area (Å²) in [6.07, 6.45) is 4.70. The Hall–Kier alpha value is -2.14. The molecular weight excluding hydrogens is 270 g/mol. The van der Waals surface area contributed by atoms with E-state index in [4.69, 9.17) is 0 Å². The molecule has 0 amide bonds. The van der Waals surface area contributed by atoms with Crippen molar-refractivity contribution in [2.45, 2.75) is 19.9 Å². The second-order valence-electron chi connectivity index (χ2n) is 4.49. The van der Waals surface area contributed by atoms with Crippen molar-refractivity contribution in [3.05, 3.63) is 46.5 Å². The zero-order valence-corrected chi connectivity index (χ0v) is 11.9. The molecule has 0 aliphatic heterocycles. The summed E-state index contributed by atoms with van der Waals surface area (Å²) >= 11 is 1.71. The Balaban J connectivity index is 1.85. The first-order chi connectivity index (χ1) is 9.76. The number of thiazole rings is 1. The molecule has 0 spiro atoms. The van der Waals surface area contributed by atoms with Gasteiger partial charge in [-0.3, -0.25) is 0 Å². The molecule has 2 aromatic heterocycles. The largest absolute Gasteiger partial charge is 0.508 e. The monoisotopic (exact) mass is 285 g/mol. The number of nitrogens with zero attached hydrogens (tertiary/aromatic N) is 2. The van der Waals surface area contributed by atoms with Gasteiger partial charge in [0.05, 0.1) is 6.54 Å². The van der Waals surface area contributed by atoms with Crippen LogP contribution in [0.5, 0.6) is 5.75 Å². The molecule has 4 nitrogen and oxygen atoms in total. The second-order valence-corrected chi connectivity index (χ2v) is 5.69. The number of hydrogen-bond acceptors (Lipinski definition) is 5. The molecule has 2 N–H and O–H groups in total. The van der Waals surface area contributed by atoms with Crippen LogP contribution < -0.4 is 5.32 Å². The number of pyridine rings is 1. The molecule has 0 aliphatic carbocycles. The van der Waals surface area contributed by atoms with Crippen LogP contribution in [0.3, 0.4) is 0 Å². The van der Waals surface area contributed by atoms with E-state index in [0.29, 0.717) is 6.54 Å². The van der Waals surface area contributed by atoms with Crippen molar-refractivity contribution in [1.29, 1.82) is 0 Å². The molecular formula is C15H15N3OS. The van der Waals surface area contributed by atoms with Gasteiger partial charge in [0.25, 0.3) is 0 Å². The van der Waals surface area contributed by atoms with Gasteiger partial charge in [-0.2, -0.15) is 0 Å². The van der Waals surface area contributed by atoms with Crippen LogP contribution in [0, 0.1) is 0 Å². The van der Waals surface area contributed by atoms with Crippen molar-refractivity contribution in [2.24, 2.45) is 0 Å². The maximum absolute atomic E-state index is 9.61.